The van der Waals surface area contributed by atoms with Crippen LogP contribution >= 0.6 is 11.3 Å². The molecular weight excluding hydrogens is 348 g/mol. The van der Waals surface area contributed by atoms with E-state index in [9.17, 15) is 9.59 Å². The van der Waals surface area contributed by atoms with Crippen LogP contribution in [0.5, 0.6) is 0 Å². The standard InChI is InChI=1S/C19H20N4O2S/c24-17(21-11-16-20-7-9-26-16)14-10-12-4-3-8-23(12)19(14)13-5-1-2-6-15(13)22-18(19)25/h1-2,5-7,9,12,14H,3-4,8,10-11H2,(H,21,24)(H,22,25)/t12-,14-,19+/m1/s1. The number of thiazole rings is 1. The van der Waals surface area contributed by atoms with Gasteiger partial charge in [0.2, 0.25) is 11.8 Å². The molecule has 2 saturated heterocycles. The van der Waals surface area contributed by atoms with Gasteiger partial charge in [-0.2, -0.15) is 0 Å². The highest BCUT2D eigenvalue weighted by atomic mass is 32.1. The molecule has 2 amide bonds. The number of fused-ring (bicyclic) bond motifs is 4. The third kappa shape index (κ3) is 2.10. The molecule has 2 N–H and O–H groups in total. The van der Waals surface area contributed by atoms with Gasteiger partial charge >= 0.3 is 0 Å². The Morgan fingerprint density at radius 2 is 2.31 bits per heavy atom. The van der Waals surface area contributed by atoms with Gasteiger partial charge in [-0.1, -0.05) is 18.2 Å². The number of aromatic nitrogens is 1. The fraction of sp³-hybridized carbons (Fsp3) is 0.421. The average Bonchev–Trinajstić information content (AvgIpc) is 3.39. The molecule has 7 heteroatoms. The Morgan fingerprint density at radius 1 is 1.42 bits per heavy atom. The van der Waals surface area contributed by atoms with Crippen molar-refractivity contribution < 1.29 is 9.59 Å². The molecule has 2 fully saturated rings. The van der Waals surface area contributed by atoms with E-state index in [0.717, 1.165) is 42.1 Å². The van der Waals surface area contributed by atoms with Gasteiger partial charge in [-0.25, -0.2) is 4.98 Å². The topological polar surface area (TPSA) is 74.3 Å². The Hall–Kier alpha value is -2.25. The van der Waals surface area contributed by atoms with Crippen LogP contribution in [0.25, 0.3) is 0 Å². The Labute approximate surface area is 155 Å². The number of nitrogens with zero attached hydrogens (tertiary/aromatic N) is 2. The number of amides is 2. The molecule has 0 unspecified atom stereocenters. The maximum Gasteiger partial charge on any atom is 0.250 e. The predicted molar refractivity (Wildman–Crippen MR) is 98.5 cm³/mol. The van der Waals surface area contributed by atoms with Gasteiger partial charge in [-0.3, -0.25) is 14.5 Å². The largest absolute Gasteiger partial charge is 0.349 e. The first-order valence-electron chi connectivity index (χ1n) is 9.05. The average molecular weight is 368 g/mol. The highest BCUT2D eigenvalue weighted by Crippen LogP contribution is 2.55. The fourth-order valence-corrected chi connectivity index (χ4v) is 5.56. The van der Waals surface area contributed by atoms with Crippen LogP contribution < -0.4 is 10.6 Å². The van der Waals surface area contributed by atoms with Gasteiger partial charge in [0, 0.05) is 28.9 Å². The Balaban J connectivity index is 1.52. The van der Waals surface area contributed by atoms with Crippen molar-refractivity contribution in [2.45, 2.75) is 37.4 Å². The third-order valence-electron chi connectivity index (χ3n) is 5.99. The van der Waals surface area contributed by atoms with Crippen LogP contribution in [0.4, 0.5) is 5.69 Å². The molecule has 4 heterocycles. The van der Waals surface area contributed by atoms with Crippen molar-refractivity contribution in [2.75, 3.05) is 11.9 Å². The first-order valence-corrected chi connectivity index (χ1v) is 9.93. The molecule has 6 nitrogen and oxygen atoms in total. The van der Waals surface area contributed by atoms with Gasteiger partial charge < -0.3 is 10.6 Å². The number of hydrogen-bond acceptors (Lipinski definition) is 5. The molecule has 26 heavy (non-hydrogen) atoms. The maximum atomic E-state index is 13.2. The van der Waals surface area contributed by atoms with Crippen LogP contribution in [-0.4, -0.2) is 34.3 Å². The predicted octanol–water partition coefficient (Wildman–Crippen LogP) is 2.09. The van der Waals surface area contributed by atoms with Crippen LogP contribution in [0, 0.1) is 5.92 Å². The van der Waals surface area contributed by atoms with Gasteiger partial charge in [0.15, 0.2) is 0 Å². The summed E-state index contributed by atoms with van der Waals surface area (Å²) in [5.41, 5.74) is 0.914. The van der Waals surface area contributed by atoms with E-state index in [1.807, 2.05) is 29.6 Å². The smallest absolute Gasteiger partial charge is 0.250 e. The summed E-state index contributed by atoms with van der Waals surface area (Å²) >= 11 is 1.52. The molecule has 0 saturated carbocycles. The summed E-state index contributed by atoms with van der Waals surface area (Å²) in [6, 6.07) is 8.09. The number of nitrogens with one attached hydrogen (secondary N) is 2. The second-order valence-corrected chi connectivity index (χ2v) is 8.17. The summed E-state index contributed by atoms with van der Waals surface area (Å²) in [6.07, 6.45) is 4.59. The first kappa shape index (κ1) is 16.0. The molecule has 1 aromatic heterocycles. The van der Waals surface area contributed by atoms with E-state index in [1.54, 1.807) is 6.20 Å². The van der Waals surface area contributed by atoms with Crippen molar-refractivity contribution in [2.24, 2.45) is 5.92 Å². The zero-order valence-corrected chi connectivity index (χ0v) is 15.1. The fourth-order valence-electron chi connectivity index (χ4n) is 5.01. The number of anilines is 1. The second-order valence-electron chi connectivity index (χ2n) is 7.19. The number of rotatable bonds is 3. The lowest BCUT2D eigenvalue weighted by Crippen LogP contribution is -2.54. The Bertz CT molecular complexity index is 868. The van der Waals surface area contributed by atoms with Crippen molar-refractivity contribution in [1.29, 1.82) is 0 Å². The number of hydrogen-bond donors (Lipinski definition) is 2. The van der Waals surface area contributed by atoms with Gasteiger partial charge in [0.05, 0.1) is 12.5 Å². The molecule has 5 rings (SSSR count). The van der Waals surface area contributed by atoms with Gasteiger partial charge in [0.25, 0.3) is 0 Å². The molecule has 0 bridgehead atoms. The van der Waals surface area contributed by atoms with Crippen molar-refractivity contribution in [3.05, 3.63) is 46.4 Å². The molecule has 1 spiro atoms. The lowest BCUT2D eigenvalue weighted by molar-refractivity contribution is -0.137. The normalized spacial score (nSPS) is 29.6. The molecule has 0 aliphatic carbocycles. The summed E-state index contributed by atoms with van der Waals surface area (Å²) in [5, 5.41) is 8.82. The first-order chi connectivity index (χ1) is 12.7. The molecule has 2 aromatic rings. The number of carbonyl (C=O) groups is 2. The van der Waals surface area contributed by atoms with Crippen molar-refractivity contribution >= 4 is 28.8 Å². The van der Waals surface area contributed by atoms with E-state index in [-0.39, 0.29) is 17.7 Å². The van der Waals surface area contributed by atoms with Crippen LogP contribution in [0.3, 0.4) is 0 Å². The summed E-state index contributed by atoms with van der Waals surface area (Å²) in [7, 11) is 0. The Morgan fingerprint density at radius 3 is 3.15 bits per heavy atom. The van der Waals surface area contributed by atoms with Crippen molar-refractivity contribution in [3.63, 3.8) is 0 Å². The minimum absolute atomic E-state index is 0.0542. The molecule has 0 radical (unpaired) electrons. The highest BCUT2D eigenvalue weighted by Gasteiger charge is 2.65. The van der Waals surface area contributed by atoms with Crippen molar-refractivity contribution in [1.82, 2.24) is 15.2 Å². The summed E-state index contributed by atoms with van der Waals surface area (Å²) in [4.78, 5) is 32.9. The number of para-hydroxylation sites is 1. The molecule has 3 aliphatic rings. The van der Waals surface area contributed by atoms with E-state index < -0.39 is 5.54 Å². The lowest BCUT2D eigenvalue weighted by Gasteiger charge is -2.36. The molecular formula is C19H20N4O2S. The summed E-state index contributed by atoms with van der Waals surface area (Å²) < 4.78 is 0. The van der Waals surface area contributed by atoms with E-state index in [1.165, 1.54) is 11.3 Å². The van der Waals surface area contributed by atoms with E-state index in [2.05, 4.69) is 20.5 Å². The van der Waals surface area contributed by atoms with Crippen LogP contribution in [0.2, 0.25) is 0 Å². The number of carbonyl (C=O) groups excluding carboxylic acids is 2. The molecule has 1 aromatic carbocycles. The summed E-state index contributed by atoms with van der Waals surface area (Å²) in [6.45, 7) is 1.28. The van der Waals surface area contributed by atoms with E-state index in [4.69, 9.17) is 0 Å². The van der Waals surface area contributed by atoms with E-state index >= 15 is 0 Å². The van der Waals surface area contributed by atoms with Gasteiger partial charge in [-0.05, 0) is 31.9 Å². The van der Waals surface area contributed by atoms with Gasteiger partial charge in [-0.15, -0.1) is 11.3 Å². The zero-order valence-electron chi connectivity index (χ0n) is 14.3. The quantitative estimate of drug-likeness (QED) is 0.870. The third-order valence-corrected chi connectivity index (χ3v) is 6.77. The van der Waals surface area contributed by atoms with Crippen molar-refractivity contribution in [3.8, 4) is 0 Å². The minimum atomic E-state index is -0.870. The second kappa shape index (κ2) is 5.89. The zero-order chi connectivity index (χ0) is 17.7. The highest BCUT2D eigenvalue weighted by molar-refractivity contribution is 7.09. The molecule has 3 atom stereocenters. The molecule has 134 valence electrons. The SMILES string of the molecule is O=C(NCc1nccs1)[C@H]1C[C@H]2CCCN2[C@]12C(=O)Nc1ccccc12. The Kier molecular flexibility index (Phi) is 3.62. The monoisotopic (exact) mass is 368 g/mol. The molecule has 3 aliphatic heterocycles. The van der Waals surface area contributed by atoms with Crippen LogP contribution in [0.15, 0.2) is 35.8 Å². The number of benzene rings is 1. The minimum Gasteiger partial charge on any atom is -0.349 e. The van der Waals surface area contributed by atoms with Gasteiger partial charge in [0.1, 0.15) is 10.5 Å². The van der Waals surface area contributed by atoms with E-state index in [0.29, 0.717) is 12.6 Å². The van der Waals surface area contributed by atoms with Crippen LogP contribution in [0.1, 0.15) is 29.8 Å². The summed E-state index contributed by atoms with van der Waals surface area (Å²) in [5.74, 6) is -0.490. The maximum absolute atomic E-state index is 13.2. The van der Waals surface area contributed by atoms with Crippen LogP contribution in [-0.2, 0) is 21.7 Å². The lowest BCUT2D eigenvalue weighted by atomic mass is 9.78.